The summed E-state index contributed by atoms with van der Waals surface area (Å²) in [7, 11) is 0. The summed E-state index contributed by atoms with van der Waals surface area (Å²) in [4.78, 5) is 9.26. The van der Waals surface area contributed by atoms with Crippen LogP contribution in [0.15, 0.2) is 143 Å². The molecule has 1 aliphatic rings. The number of nitrogens with zero attached hydrogens (tertiary/aromatic N) is 2. The number of pyridine rings is 2. The first-order chi connectivity index (χ1) is 24.1. The molecule has 7 rings (SSSR count). The first-order valence-electron chi connectivity index (χ1n) is 17.0. The van der Waals surface area contributed by atoms with Gasteiger partial charge in [-0.15, -0.1) is 0 Å². The number of fused-ring (bicyclic) bond motifs is 3. The molecule has 0 saturated heterocycles. The topological polar surface area (TPSA) is 44.2 Å². The van der Waals surface area contributed by atoms with E-state index in [0.717, 1.165) is 81.5 Å². The van der Waals surface area contributed by atoms with E-state index in [4.69, 9.17) is 9.47 Å². The van der Waals surface area contributed by atoms with Gasteiger partial charge >= 0.3 is 0 Å². The molecule has 0 bridgehead atoms. The molecule has 0 spiro atoms. The zero-order valence-electron chi connectivity index (χ0n) is 27.3. The van der Waals surface area contributed by atoms with E-state index < -0.39 is 0 Å². The molecule has 49 heavy (non-hydrogen) atoms. The molecule has 2 aromatic heterocycles. The van der Waals surface area contributed by atoms with Gasteiger partial charge in [-0.05, 0) is 109 Å². The quantitative estimate of drug-likeness (QED) is 0.103. The zero-order valence-corrected chi connectivity index (χ0v) is 30.5. The standard InChI is InChI=1S/C43H38Br2N2O2/c44-33-19-21-35-36-22-20-34(45)30-38(36)43(37(35)29-33,23-7-9-27-48-39-17-11-25-46-41(39)31-13-3-1-4-14-31)24-8-10-28-49-40-18-12-26-47-42(40)32-15-5-2-6-16-32/h1-6,11-22,25-26,29-30H,7-10,23-24,27-28H2. The van der Waals surface area contributed by atoms with Crippen LogP contribution in [0.4, 0.5) is 0 Å². The van der Waals surface area contributed by atoms with Crippen LogP contribution in [0.3, 0.4) is 0 Å². The largest absolute Gasteiger partial charge is 0.491 e. The van der Waals surface area contributed by atoms with Gasteiger partial charge < -0.3 is 9.47 Å². The maximum atomic E-state index is 6.36. The molecule has 4 aromatic carbocycles. The molecule has 0 N–H and O–H groups in total. The summed E-state index contributed by atoms with van der Waals surface area (Å²) in [5.74, 6) is 1.66. The smallest absolute Gasteiger partial charge is 0.145 e. The van der Waals surface area contributed by atoms with Crippen LogP contribution in [0.5, 0.6) is 11.5 Å². The fourth-order valence-electron chi connectivity index (χ4n) is 7.16. The van der Waals surface area contributed by atoms with Crippen molar-refractivity contribution < 1.29 is 9.47 Å². The zero-order chi connectivity index (χ0) is 33.5. The van der Waals surface area contributed by atoms with Crippen LogP contribution in [0.25, 0.3) is 33.6 Å². The minimum atomic E-state index is -0.106. The van der Waals surface area contributed by atoms with Crippen molar-refractivity contribution >= 4 is 31.9 Å². The molecule has 0 aliphatic heterocycles. The van der Waals surface area contributed by atoms with Crippen LogP contribution in [0.1, 0.15) is 49.7 Å². The van der Waals surface area contributed by atoms with E-state index in [9.17, 15) is 0 Å². The number of hydrogen-bond acceptors (Lipinski definition) is 4. The number of benzene rings is 4. The highest BCUT2D eigenvalue weighted by molar-refractivity contribution is 9.10. The van der Waals surface area contributed by atoms with Crippen LogP contribution in [0.2, 0.25) is 0 Å². The van der Waals surface area contributed by atoms with Crippen molar-refractivity contribution in [3.8, 4) is 45.1 Å². The number of rotatable bonds is 14. The van der Waals surface area contributed by atoms with Gasteiger partial charge in [-0.25, -0.2) is 0 Å². The second kappa shape index (κ2) is 15.5. The Morgan fingerprint density at radius 1 is 0.490 bits per heavy atom. The van der Waals surface area contributed by atoms with Crippen LogP contribution in [0, 0.1) is 0 Å². The number of halogens is 2. The molecule has 1 aliphatic carbocycles. The Labute approximate surface area is 305 Å². The van der Waals surface area contributed by atoms with Gasteiger partial charge in [0.2, 0.25) is 0 Å². The second-order valence-electron chi connectivity index (χ2n) is 12.5. The highest BCUT2D eigenvalue weighted by Crippen LogP contribution is 2.55. The molecule has 0 atom stereocenters. The molecule has 2 heterocycles. The summed E-state index contributed by atoms with van der Waals surface area (Å²) < 4.78 is 15.0. The highest BCUT2D eigenvalue weighted by Gasteiger charge is 2.42. The number of unbranched alkanes of at least 4 members (excludes halogenated alkanes) is 2. The van der Waals surface area contributed by atoms with Crippen molar-refractivity contribution in [3.05, 3.63) is 154 Å². The van der Waals surface area contributed by atoms with Gasteiger partial charge in [-0.1, -0.05) is 105 Å². The Morgan fingerprint density at radius 3 is 1.39 bits per heavy atom. The summed E-state index contributed by atoms with van der Waals surface area (Å²) in [5, 5.41) is 0. The van der Waals surface area contributed by atoms with Crippen LogP contribution in [-0.2, 0) is 5.41 Å². The van der Waals surface area contributed by atoms with Gasteiger partial charge in [0, 0.05) is 37.9 Å². The van der Waals surface area contributed by atoms with E-state index in [1.165, 1.54) is 22.3 Å². The van der Waals surface area contributed by atoms with Gasteiger partial charge in [0.15, 0.2) is 0 Å². The lowest BCUT2D eigenvalue weighted by atomic mass is 9.71. The molecule has 0 saturated carbocycles. The van der Waals surface area contributed by atoms with Crippen molar-refractivity contribution in [2.75, 3.05) is 13.2 Å². The van der Waals surface area contributed by atoms with Crippen molar-refractivity contribution in [2.24, 2.45) is 0 Å². The van der Waals surface area contributed by atoms with Gasteiger partial charge in [0.25, 0.3) is 0 Å². The lowest BCUT2D eigenvalue weighted by Gasteiger charge is -2.33. The van der Waals surface area contributed by atoms with Crippen LogP contribution >= 0.6 is 31.9 Å². The molecular formula is C43H38Br2N2O2. The van der Waals surface area contributed by atoms with Gasteiger partial charge in [0.1, 0.15) is 22.9 Å². The number of hydrogen-bond donors (Lipinski definition) is 0. The Balaban J connectivity index is 1.06. The molecule has 6 heteroatoms. The van der Waals surface area contributed by atoms with Crippen molar-refractivity contribution in [1.82, 2.24) is 9.97 Å². The average Bonchev–Trinajstić information content (AvgIpc) is 3.40. The fraction of sp³-hybridized carbons (Fsp3) is 0.209. The molecule has 6 aromatic rings. The van der Waals surface area contributed by atoms with E-state index in [0.29, 0.717) is 13.2 Å². The van der Waals surface area contributed by atoms with Crippen molar-refractivity contribution in [2.45, 2.75) is 43.9 Å². The molecule has 0 fully saturated rings. The molecule has 246 valence electrons. The van der Waals surface area contributed by atoms with Crippen molar-refractivity contribution in [3.63, 3.8) is 0 Å². The Kier molecular flexibility index (Phi) is 10.5. The first kappa shape index (κ1) is 33.2. The average molecular weight is 775 g/mol. The normalized spacial score (nSPS) is 12.7. The molecule has 4 nitrogen and oxygen atoms in total. The summed E-state index contributed by atoms with van der Waals surface area (Å²) >= 11 is 7.61. The second-order valence-corrected chi connectivity index (χ2v) is 14.3. The van der Waals surface area contributed by atoms with Gasteiger partial charge in [-0.2, -0.15) is 0 Å². The SMILES string of the molecule is Brc1ccc2c(c1)C(CCCCOc1cccnc1-c1ccccc1)(CCCCOc1cccnc1-c1ccccc1)c1cc(Br)ccc1-2. The Morgan fingerprint density at radius 2 is 0.939 bits per heavy atom. The minimum absolute atomic E-state index is 0.106. The molecular weight excluding hydrogens is 736 g/mol. The van der Waals surface area contributed by atoms with E-state index in [1.807, 2.05) is 73.1 Å². The lowest BCUT2D eigenvalue weighted by molar-refractivity contribution is 0.285. The van der Waals surface area contributed by atoms with E-state index in [-0.39, 0.29) is 5.41 Å². The maximum absolute atomic E-state index is 6.36. The van der Waals surface area contributed by atoms with Gasteiger partial charge in [0.05, 0.1) is 13.2 Å². The summed E-state index contributed by atoms with van der Waals surface area (Å²) in [6.45, 7) is 1.28. The van der Waals surface area contributed by atoms with Crippen LogP contribution < -0.4 is 9.47 Å². The predicted molar refractivity (Wildman–Crippen MR) is 206 cm³/mol. The number of aromatic nitrogens is 2. The van der Waals surface area contributed by atoms with Crippen LogP contribution in [-0.4, -0.2) is 23.2 Å². The Bertz CT molecular complexity index is 1870. The lowest BCUT2D eigenvalue weighted by Crippen LogP contribution is -2.26. The number of ether oxygens (including phenoxy) is 2. The fourth-order valence-corrected chi connectivity index (χ4v) is 7.89. The van der Waals surface area contributed by atoms with Gasteiger partial charge in [-0.3, -0.25) is 9.97 Å². The molecule has 0 unspecified atom stereocenters. The van der Waals surface area contributed by atoms with E-state index >= 15 is 0 Å². The van der Waals surface area contributed by atoms with Crippen molar-refractivity contribution in [1.29, 1.82) is 0 Å². The third-order valence-corrected chi connectivity index (χ3v) is 10.4. The molecule has 0 amide bonds. The molecule has 0 radical (unpaired) electrons. The minimum Gasteiger partial charge on any atom is -0.491 e. The third kappa shape index (κ3) is 7.36. The first-order valence-corrected chi connectivity index (χ1v) is 18.6. The highest BCUT2D eigenvalue weighted by atomic mass is 79.9. The summed E-state index contributed by atoms with van der Waals surface area (Å²) in [5.41, 5.74) is 9.29. The monoisotopic (exact) mass is 772 g/mol. The summed E-state index contributed by atoms with van der Waals surface area (Å²) in [6, 6.07) is 42.0. The Hall–Kier alpha value is -4.26. The van der Waals surface area contributed by atoms with E-state index in [2.05, 4.69) is 102 Å². The maximum Gasteiger partial charge on any atom is 0.145 e. The third-order valence-electron chi connectivity index (χ3n) is 9.43. The predicted octanol–water partition coefficient (Wildman–Crippen LogP) is 12.1. The van der Waals surface area contributed by atoms with E-state index in [1.54, 1.807) is 0 Å². The summed E-state index contributed by atoms with van der Waals surface area (Å²) in [6.07, 6.45) is 9.68.